The van der Waals surface area contributed by atoms with Crippen molar-refractivity contribution in [2.24, 2.45) is 5.73 Å². The first-order chi connectivity index (χ1) is 8.08. The van der Waals surface area contributed by atoms with E-state index in [4.69, 9.17) is 22.7 Å². The van der Waals surface area contributed by atoms with E-state index in [9.17, 15) is 4.79 Å². The molecular weight excluding hydrogens is 236 g/mol. The van der Waals surface area contributed by atoms with Crippen LogP contribution >= 0.6 is 12.2 Å². The number of nitrogens with zero attached hydrogens (tertiary/aromatic N) is 1. The second-order valence-corrected chi connectivity index (χ2v) is 4.60. The Morgan fingerprint density at radius 1 is 1.59 bits per heavy atom. The van der Waals surface area contributed by atoms with Crippen LogP contribution in [-0.2, 0) is 11.2 Å². The van der Waals surface area contributed by atoms with Gasteiger partial charge in [-0.2, -0.15) is 0 Å². The second kappa shape index (κ2) is 4.71. The van der Waals surface area contributed by atoms with Crippen molar-refractivity contribution in [3.05, 3.63) is 29.8 Å². The van der Waals surface area contributed by atoms with Gasteiger partial charge in [0.15, 0.2) is 6.10 Å². The van der Waals surface area contributed by atoms with Gasteiger partial charge in [0.25, 0.3) is 5.91 Å². The number of fused-ring (bicyclic) bond motifs is 1. The summed E-state index contributed by atoms with van der Waals surface area (Å²) in [5.74, 6) is 0.698. The van der Waals surface area contributed by atoms with E-state index in [-0.39, 0.29) is 12.5 Å². The fourth-order valence-corrected chi connectivity index (χ4v) is 2.07. The molecule has 1 aliphatic rings. The number of carbonyl (C=O) groups is 1. The predicted molar refractivity (Wildman–Crippen MR) is 69.0 cm³/mol. The summed E-state index contributed by atoms with van der Waals surface area (Å²) in [4.78, 5) is 13.8. The number of carbonyl (C=O) groups excluding carboxylic acids is 1. The number of nitrogens with two attached hydrogens (primary N) is 1. The molecule has 0 aromatic heterocycles. The van der Waals surface area contributed by atoms with Gasteiger partial charge in [0.2, 0.25) is 0 Å². The van der Waals surface area contributed by atoms with Gasteiger partial charge in [-0.1, -0.05) is 30.4 Å². The second-order valence-electron chi connectivity index (χ2n) is 4.08. The Bertz CT molecular complexity index is 437. The van der Waals surface area contributed by atoms with Crippen LogP contribution in [0.4, 0.5) is 0 Å². The van der Waals surface area contributed by atoms with Crippen LogP contribution < -0.4 is 10.5 Å². The molecule has 90 valence electrons. The number of amides is 1. The number of benzene rings is 1. The number of para-hydroxylation sites is 1. The van der Waals surface area contributed by atoms with E-state index >= 15 is 0 Å². The molecule has 5 heteroatoms. The third-order valence-corrected chi connectivity index (χ3v) is 2.82. The largest absolute Gasteiger partial charge is 0.480 e. The van der Waals surface area contributed by atoms with Crippen LogP contribution in [0.25, 0.3) is 0 Å². The predicted octanol–water partition coefficient (Wildman–Crippen LogP) is 0.735. The van der Waals surface area contributed by atoms with E-state index in [2.05, 4.69) is 0 Å². The molecule has 1 heterocycles. The van der Waals surface area contributed by atoms with Crippen LogP contribution in [0.5, 0.6) is 5.75 Å². The van der Waals surface area contributed by atoms with Gasteiger partial charge in [-0.05, 0) is 11.6 Å². The molecular formula is C12H14N2O2S. The van der Waals surface area contributed by atoms with Crippen LogP contribution in [0.15, 0.2) is 24.3 Å². The highest BCUT2D eigenvalue weighted by molar-refractivity contribution is 7.80. The molecule has 0 bridgehead atoms. The summed E-state index contributed by atoms with van der Waals surface area (Å²) in [5, 5.41) is 0. The summed E-state index contributed by atoms with van der Waals surface area (Å²) in [6.45, 7) is 0.282. The maximum atomic E-state index is 12.0. The number of rotatable bonds is 3. The van der Waals surface area contributed by atoms with Crippen LogP contribution in [0.2, 0.25) is 0 Å². The van der Waals surface area contributed by atoms with Gasteiger partial charge in [-0.15, -0.1) is 0 Å². The monoisotopic (exact) mass is 250 g/mol. The zero-order valence-corrected chi connectivity index (χ0v) is 10.4. The molecule has 1 aromatic carbocycles. The van der Waals surface area contributed by atoms with Crippen molar-refractivity contribution in [2.75, 3.05) is 13.6 Å². The van der Waals surface area contributed by atoms with Crippen molar-refractivity contribution >= 4 is 23.1 Å². The van der Waals surface area contributed by atoms with Crippen molar-refractivity contribution in [3.63, 3.8) is 0 Å². The molecule has 0 saturated heterocycles. The van der Waals surface area contributed by atoms with Crippen molar-refractivity contribution in [2.45, 2.75) is 12.5 Å². The van der Waals surface area contributed by atoms with Crippen LogP contribution in [-0.4, -0.2) is 35.5 Å². The third kappa shape index (κ3) is 2.55. The maximum absolute atomic E-state index is 12.0. The number of thiocarbonyl (C=S) groups is 1. The standard InChI is InChI=1S/C12H14N2O2S/c1-14(7-11(13)17)12(15)10-6-8-4-2-3-5-9(8)16-10/h2-5,10H,6-7H2,1H3,(H2,13,17). The summed E-state index contributed by atoms with van der Waals surface area (Å²) in [6, 6.07) is 7.67. The molecule has 0 saturated carbocycles. The fraction of sp³-hybridized carbons (Fsp3) is 0.333. The molecule has 0 radical (unpaired) electrons. The van der Waals surface area contributed by atoms with E-state index in [1.807, 2.05) is 24.3 Å². The van der Waals surface area contributed by atoms with Crippen molar-refractivity contribution in [3.8, 4) is 5.75 Å². The molecule has 0 aliphatic carbocycles. The minimum Gasteiger partial charge on any atom is -0.480 e. The molecule has 2 rings (SSSR count). The lowest BCUT2D eigenvalue weighted by Crippen LogP contribution is -2.42. The van der Waals surface area contributed by atoms with E-state index in [1.54, 1.807) is 7.05 Å². The molecule has 0 fully saturated rings. The molecule has 4 nitrogen and oxygen atoms in total. The maximum Gasteiger partial charge on any atom is 0.264 e. The van der Waals surface area contributed by atoms with Crippen molar-refractivity contribution < 1.29 is 9.53 Å². The zero-order chi connectivity index (χ0) is 12.4. The normalized spacial score (nSPS) is 17.1. The average Bonchev–Trinajstić information content (AvgIpc) is 2.70. The minimum atomic E-state index is -0.452. The zero-order valence-electron chi connectivity index (χ0n) is 9.55. The SMILES string of the molecule is CN(CC(N)=S)C(=O)C1Cc2ccccc2O1. The highest BCUT2D eigenvalue weighted by Gasteiger charge is 2.30. The smallest absolute Gasteiger partial charge is 0.264 e. The van der Waals surface area contributed by atoms with Gasteiger partial charge < -0.3 is 15.4 Å². The Morgan fingerprint density at radius 3 is 2.94 bits per heavy atom. The van der Waals surface area contributed by atoms with E-state index in [0.717, 1.165) is 11.3 Å². The first-order valence-corrected chi connectivity index (χ1v) is 5.76. The molecule has 1 unspecified atom stereocenters. The van der Waals surface area contributed by atoms with Gasteiger partial charge in [-0.25, -0.2) is 0 Å². The van der Waals surface area contributed by atoms with Gasteiger partial charge in [-0.3, -0.25) is 4.79 Å². The minimum absolute atomic E-state index is 0.0889. The Hall–Kier alpha value is -1.62. The van der Waals surface area contributed by atoms with Gasteiger partial charge in [0.1, 0.15) is 5.75 Å². The van der Waals surface area contributed by atoms with E-state index in [0.29, 0.717) is 11.4 Å². The van der Waals surface area contributed by atoms with E-state index < -0.39 is 6.10 Å². The Kier molecular flexibility index (Phi) is 3.28. The number of likely N-dealkylation sites (N-methyl/N-ethyl adjacent to an activating group) is 1. The molecule has 2 N–H and O–H groups in total. The van der Waals surface area contributed by atoms with Crippen LogP contribution in [0.1, 0.15) is 5.56 Å². The summed E-state index contributed by atoms with van der Waals surface area (Å²) < 4.78 is 5.60. The van der Waals surface area contributed by atoms with E-state index in [1.165, 1.54) is 4.90 Å². The van der Waals surface area contributed by atoms with Crippen molar-refractivity contribution in [1.82, 2.24) is 4.90 Å². The summed E-state index contributed by atoms with van der Waals surface area (Å²) in [6.07, 6.45) is 0.156. The Labute approximate surface area is 105 Å². The summed E-state index contributed by atoms with van der Waals surface area (Å²) in [7, 11) is 1.67. The first kappa shape index (κ1) is 11.9. The molecule has 1 aliphatic heterocycles. The van der Waals surface area contributed by atoms with Crippen LogP contribution in [0.3, 0.4) is 0 Å². The molecule has 17 heavy (non-hydrogen) atoms. The van der Waals surface area contributed by atoms with Crippen molar-refractivity contribution in [1.29, 1.82) is 0 Å². The number of hydrogen-bond acceptors (Lipinski definition) is 3. The summed E-state index contributed by atoms with van der Waals surface area (Å²) >= 11 is 4.78. The lowest BCUT2D eigenvalue weighted by molar-refractivity contribution is -0.135. The summed E-state index contributed by atoms with van der Waals surface area (Å²) in [5.41, 5.74) is 6.48. The molecule has 1 aromatic rings. The highest BCUT2D eigenvalue weighted by atomic mass is 32.1. The average molecular weight is 250 g/mol. The number of hydrogen-bond donors (Lipinski definition) is 1. The lowest BCUT2D eigenvalue weighted by atomic mass is 10.1. The third-order valence-electron chi connectivity index (χ3n) is 2.69. The van der Waals surface area contributed by atoms with Gasteiger partial charge >= 0.3 is 0 Å². The first-order valence-electron chi connectivity index (χ1n) is 5.36. The lowest BCUT2D eigenvalue weighted by Gasteiger charge is -2.19. The molecule has 1 atom stereocenters. The molecule has 1 amide bonds. The molecule has 0 spiro atoms. The van der Waals surface area contributed by atoms with Gasteiger partial charge in [0, 0.05) is 13.5 Å². The quantitative estimate of drug-likeness (QED) is 0.804. The topological polar surface area (TPSA) is 55.6 Å². The highest BCUT2D eigenvalue weighted by Crippen LogP contribution is 2.28. The fourth-order valence-electron chi connectivity index (χ4n) is 1.88. The Morgan fingerprint density at radius 2 is 2.29 bits per heavy atom. The van der Waals surface area contributed by atoms with Crippen LogP contribution in [0, 0.1) is 0 Å². The Balaban J connectivity index is 2.03. The van der Waals surface area contributed by atoms with Gasteiger partial charge in [0.05, 0.1) is 11.5 Å². The number of ether oxygens (including phenoxy) is 1.